The van der Waals surface area contributed by atoms with E-state index in [0.29, 0.717) is 42.7 Å². The number of nitrogens with one attached hydrogen (secondary N) is 1. The SMILES string of the molecule is CC(C)N(C(=O)c1cc(F)ccc1-n1cc(C(=O)C2CCN(C(=O)C3CCCN3)CC2)c2ccncc21)C(C)C. The van der Waals surface area contributed by atoms with E-state index < -0.39 is 5.82 Å². The summed E-state index contributed by atoms with van der Waals surface area (Å²) in [6, 6.07) is 5.73. The average molecular weight is 548 g/mol. The maximum absolute atomic E-state index is 14.5. The van der Waals surface area contributed by atoms with Crippen LogP contribution in [0.3, 0.4) is 0 Å². The number of Topliss-reactive ketones (excluding diaryl/α,β-unsaturated/α-hetero) is 1. The number of fused-ring (bicyclic) bond motifs is 1. The standard InChI is InChI=1S/C31H38FN5O3/c1-19(2)37(20(3)4)30(39)24-16-22(32)7-8-27(24)36-18-25(23-9-13-33-17-28(23)36)29(38)21-10-14-35(15-11-21)31(40)26-6-5-12-34-26/h7-9,13,16-21,26,34H,5-6,10-12,14-15H2,1-4H3. The van der Waals surface area contributed by atoms with Gasteiger partial charge in [-0.05, 0) is 84.2 Å². The van der Waals surface area contributed by atoms with Crippen LogP contribution in [0, 0.1) is 11.7 Å². The van der Waals surface area contributed by atoms with Gasteiger partial charge in [-0.1, -0.05) is 0 Å². The predicted molar refractivity (Wildman–Crippen MR) is 152 cm³/mol. The summed E-state index contributed by atoms with van der Waals surface area (Å²) in [5, 5.41) is 4.01. The lowest BCUT2D eigenvalue weighted by molar-refractivity contribution is -0.134. The summed E-state index contributed by atoms with van der Waals surface area (Å²) in [5.41, 5.74) is 1.95. The molecule has 212 valence electrons. The van der Waals surface area contributed by atoms with E-state index in [-0.39, 0.29) is 47.2 Å². The van der Waals surface area contributed by atoms with Crippen molar-refractivity contribution < 1.29 is 18.8 Å². The van der Waals surface area contributed by atoms with Crippen LogP contribution in [-0.4, -0.2) is 74.7 Å². The Morgan fingerprint density at radius 3 is 2.40 bits per heavy atom. The van der Waals surface area contributed by atoms with Crippen molar-refractivity contribution in [1.82, 2.24) is 24.7 Å². The van der Waals surface area contributed by atoms with Gasteiger partial charge in [0.25, 0.3) is 5.91 Å². The summed E-state index contributed by atoms with van der Waals surface area (Å²) >= 11 is 0. The van der Waals surface area contributed by atoms with E-state index in [1.807, 2.05) is 38.7 Å². The summed E-state index contributed by atoms with van der Waals surface area (Å²) in [6.45, 7) is 9.74. The molecule has 0 radical (unpaired) electrons. The molecule has 2 saturated heterocycles. The largest absolute Gasteiger partial charge is 0.341 e. The summed E-state index contributed by atoms with van der Waals surface area (Å²) in [7, 11) is 0. The Morgan fingerprint density at radius 1 is 1.02 bits per heavy atom. The summed E-state index contributed by atoms with van der Waals surface area (Å²) in [5.74, 6) is -0.829. The summed E-state index contributed by atoms with van der Waals surface area (Å²) in [4.78, 5) is 48.3. The average Bonchev–Trinajstić information content (AvgIpc) is 3.61. The van der Waals surface area contributed by atoms with Crippen LogP contribution in [-0.2, 0) is 4.79 Å². The molecule has 1 aromatic carbocycles. The second-order valence-electron chi connectivity index (χ2n) is 11.5. The first-order valence-electron chi connectivity index (χ1n) is 14.3. The molecule has 0 saturated carbocycles. The fourth-order valence-corrected chi connectivity index (χ4v) is 6.26. The molecule has 2 aliphatic heterocycles. The van der Waals surface area contributed by atoms with E-state index in [1.165, 1.54) is 12.1 Å². The number of pyridine rings is 1. The lowest BCUT2D eigenvalue weighted by Crippen LogP contribution is -2.47. The highest BCUT2D eigenvalue weighted by Gasteiger charge is 2.33. The zero-order valence-corrected chi connectivity index (χ0v) is 23.7. The van der Waals surface area contributed by atoms with Crippen molar-refractivity contribution in [2.24, 2.45) is 5.92 Å². The molecule has 3 aromatic rings. The molecule has 0 bridgehead atoms. The number of carbonyl (C=O) groups excluding carboxylic acids is 3. The maximum atomic E-state index is 14.5. The van der Waals surface area contributed by atoms with Gasteiger partial charge in [-0.15, -0.1) is 0 Å². The van der Waals surface area contributed by atoms with Crippen molar-refractivity contribution in [2.45, 2.75) is 71.5 Å². The summed E-state index contributed by atoms with van der Waals surface area (Å²) in [6.07, 6.45) is 8.16. The van der Waals surface area contributed by atoms with Crippen molar-refractivity contribution in [3.63, 3.8) is 0 Å². The van der Waals surface area contributed by atoms with Crippen molar-refractivity contribution >= 4 is 28.5 Å². The van der Waals surface area contributed by atoms with Gasteiger partial charge in [0.15, 0.2) is 5.78 Å². The molecular weight excluding hydrogens is 509 g/mol. The minimum absolute atomic E-state index is 0.0158. The van der Waals surface area contributed by atoms with Gasteiger partial charge in [0.2, 0.25) is 5.91 Å². The third-order valence-electron chi connectivity index (χ3n) is 8.20. The van der Waals surface area contributed by atoms with Crippen molar-refractivity contribution in [3.8, 4) is 5.69 Å². The van der Waals surface area contributed by atoms with Gasteiger partial charge < -0.3 is 19.7 Å². The molecule has 2 aliphatic rings. The van der Waals surface area contributed by atoms with Crippen LogP contribution in [0.1, 0.15) is 74.1 Å². The minimum atomic E-state index is -0.500. The van der Waals surface area contributed by atoms with Gasteiger partial charge in [0.05, 0.1) is 29.0 Å². The third-order valence-corrected chi connectivity index (χ3v) is 8.20. The van der Waals surface area contributed by atoms with Crippen LogP contribution in [0.4, 0.5) is 4.39 Å². The first kappa shape index (κ1) is 28.0. The van der Waals surface area contributed by atoms with Gasteiger partial charge in [0, 0.05) is 54.4 Å². The predicted octanol–water partition coefficient (Wildman–Crippen LogP) is 4.60. The highest BCUT2D eigenvalue weighted by Crippen LogP contribution is 2.32. The Labute approximate surface area is 234 Å². The Kier molecular flexibility index (Phi) is 8.03. The zero-order chi connectivity index (χ0) is 28.6. The van der Waals surface area contributed by atoms with Gasteiger partial charge in [-0.3, -0.25) is 19.4 Å². The molecule has 4 heterocycles. The lowest BCUT2D eigenvalue weighted by atomic mass is 9.88. The molecule has 0 aliphatic carbocycles. The molecule has 1 unspecified atom stereocenters. The van der Waals surface area contributed by atoms with E-state index in [4.69, 9.17) is 0 Å². The number of carbonyl (C=O) groups is 3. The molecular formula is C31H38FN5O3. The highest BCUT2D eigenvalue weighted by molar-refractivity contribution is 6.10. The molecule has 40 heavy (non-hydrogen) atoms. The monoisotopic (exact) mass is 547 g/mol. The van der Waals surface area contributed by atoms with Crippen LogP contribution in [0.5, 0.6) is 0 Å². The third kappa shape index (κ3) is 5.27. The number of halogens is 1. The molecule has 1 N–H and O–H groups in total. The van der Waals surface area contributed by atoms with Gasteiger partial charge >= 0.3 is 0 Å². The van der Waals surface area contributed by atoms with E-state index >= 15 is 0 Å². The Morgan fingerprint density at radius 2 is 1.75 bits per heavy atom. The van der Waals surface area contributed by atoms with Gasteiger partial charge in [-0.2, -0.15) is 0 Å². The van der Waals surface area contributed by atoms with E-state index in [1.54, 1.807) is 34.1 Å². The van der Waals surface area contributed by atoms with Gasteiger partial charge in [0.1, 0.15) is 5.82 Å². The lowest BCUT2D eigenvalue weighted by Gasteiger charge is -2.33. The van der Waals surface area contributed by atoms with E-state index in [9.17, 15) is 18.8 Å². The Balaban J connectivity index is 1.46. The molecule has 8 nitrogen and oxygen atoms in total. The smallest absolute Gasteiger partial charge is 0.256 e. The molecule has 1 atom stereocenters. The van der Waals surface area contributed by atoms with Gasteiger partial charge in [-0.25, -0.2) is 4.39 Å². The number of benzene rings is 1. The summed E-state index contributed by atoms with van der Waals surface area (Å²) < 4.78 is 16.3. The van der Waals surface area contributed by atoms with Crippen molar-refractivity contribution in [3.05, 3.63) is 59.8 Å². The number of piperidine rings is 1. The first-order chi connectivity index (χ1) is 19.2. The van der Waals surface area contributed by atoms with E-state index in [0.717, 1.165) is 24.8 Å². The fraction of sp³-hybridized carbons (Fsp3) is 0.484. The normalized spacial score (nSPS) is 18.2. The number of hydrogen-bond donors (Lipinski definition) is 1. The molecule has 9 heteroatoms. The van der Waals surface area contributed by atoms with Crippen molar-refractivity contribution in [1.29, 1.82) is 0 Å². The second-order valence-corrected chi connectivity index (χ2v) is 11.5. The van der Waals surface area contributed by atoms with Crippen LogP contribution in [0.25, 0.3) is 16.6 Å². The van der Waals surface area contributed by atoms with Crippen LogP contribution < -0.4 is 5.32 Å². The second kappa shape index (κ2) is 11.5. The number of aromatic nitrogens is 2. The van der Waals surface area contributed by atoms with Crippen LogP contribution in [0.15, 0.2) is 42.9 Å². The molecule has 2 aromatic heterocycles. The van der Waals surface area contributed by atoms with Crippen LogP contribution in [0.2, 0.25) is 0 Å². The number of hydrogen-bond acceptors (Lipinski definition) is 5. The zero-order valence-electron chi connectivity index (χ0n) is 23.7. The Hall–Kier alpha value is -3.59. The quantitative estimate of drug-likeness (QED) is 0.437. The number of likely N-dealkylation sites (tertiary alicyclic amines) is 1. The van der Waals surface area contributed by atoms with Crippen LogP contribution >= 0.6 is 0 Å². The topological polar surface area (TPSA) is 87.5 Å². The Bertz CT molecular complexity index is 1410. The maximum Gasteiger partial charge on any atom is 0.256 e. The minimum Gasteiger partial charge on any atom is -0.341 e. The number of rotatable bonds is 7. The van der Waals surface area contributed by atoms with Crippen molar-refractivity contribution in [2.75, 3.05) is 19.6 Å². The molecule has 2 amide bonds. The van der Waals surface area contributed by atoms with E-state index in [2.05, 4.69) is 10.3 Å². The molecule has 2 fully saturated rings. The molecule has 0 spiro atoms. The number of amides is 2. The highest BCUT2D eigenvalue weighted by atomic mass is 19.1. The number of nitrogens with zero attached hydrogens (tertiary/aromatic N) is 4. The first-order valence-corrected chi connectivity index (χ1v) is 14.3. The molecule has 5 rings (SSSR count). The number of ketones is 1. The fourth-order valence-electron chi connectivity index (χ4n) is 6.26.